The lowest BCUT2D eigenvalue weighted by atomic mass is 9.82. The van der Waals surface area contributed by atoms with Crippen LogP contribution in [0.5, 0.6) is 0 Å². The first kappa shape index (κ1) is 50.7. The van der Waals surface area contributed by atoms with Gasteiger partial charge in [-0.25, -0.2) is 0 Å². The van der Waals surface area contributed by atoms with Crippen LogP contribution in [0, 0.1) is 11.8 Å². The molecule has 71 heavy (non-hydrogen) atoms. The predicted molar refractivity (Wildman–Crippen MR) is 270 cm³/mol. The second kappa shape index (κ2) is 20.3. The summed E-state index contributed by atoms with van der Waals surface area (Å²) in [4.78, 5) is 52.3. The van der Waals surface area contributed by atoms with Crippen LogP contribution in [0.3, 0.4) is 0 Å². The number of fused-ring (bicyclic) bond motifs is 2. The maximum absolute atomic E-state index is 14.1. The lowest BCUT2D eigenvalue weighted by molar-refractivity contribution is -0.183. The summed E-state index contributed by atoms with van der Waals surface area (Å²) in [6.07, 6.45) is 5.57. The number of aromatic nitrogens is 2. The number of rotatable bonds is 14. The topological polar surface area (TPSA) is 163 Å². The van der Waals surface area contributed by atoms with E-state index in [1.807, 2.05) is 36.4 Å². The van der Waals surface area contributed by atoms with E-state index in [0.717, 1.165) is 11.1 Å². The zero-order valence-corrected chi connectivity index (χ0v) is 42.2. The molecule has 2 aliphatic heterocycles. The number of Topliss-reactive ketones (excluding diaryl/α,β-unsaturated/α-hetero) is 1. The minimum Gasteiger partial charge on any atom is -0.396 e. The smallest absolute Gasteiger partial charge is 0.257 e. The molecule has 4 aliphatic rings. The molecule has 2 saturated carbocycles. The Morgan fingerprint density at radius 2 is 1.03 bits per heavy atom. The van der Waals surface area contributed by atoms with E-state index in [4.69, 9.17) is 55.9 Å². The maximum Gasteiger partial charge on any atom is 0.257 e. The van der Waals surface area contributed by atoms with Gasteiger partial charge in [-0.1, -0.05) is 94.9 Å². The van der Waals surface area contributed by atoms with Gasteiger partial charge < -0.3 is 24.8 Å². The number of carbonyl (C=O) groups is 3. The van der Waals surface area contributed by atoms with Crippen molar-refractivity contribution < 1.29 is 39.2 Å². The second-order valence-corrected chi connectivity index (χ2v) is 20.9. The third kappa shape index (κ3) is 9.87. The standard InChI is InChI=1S/C28H28Cl2N2O4.C27H24Cl2N2O4/c1-27(2,35)19-5-10-25-24(13-19)26(34)32(15-22-9-8-21(30)14-31-22)28(25,18-3-6-20(29)7-4-18)36-23-11-17(12-23)16-33;1-16(33)18-2-9-25-24(12-18)26(34)31(14-22-8-7-21(29)13-30-22)27(25,19-3-5-20(28)6-4-19)35-23-10-17(11-23)15-32/h3-10,13-14,17,23,33,35H,11-12,15-16H2,1-2H3;2-9,12-13,17,23,32H,10-11,14-15H2,1H3/t17?,23?,28-;/m1./s1. The second-order valence-electron chi connectivity index (χ2n) is 19.2. The first-order valence-electron chi connectivity index (χ1n) is 23.4. The molecular formula is C55H52Cl4N4O8. The van der Waals surface area contributed by atoms with Crippen LogP contribution in [0.25, 0.3) is 0 Å². The average Bonchev–Trinajstić information content (AvgIpc) is 3.70. The quantitative estimate of drug-likeness (QED) is 0.0895. The van der Waals surface area contributed by atoms with E-state index in [1.165, 1.54) is 6.92 Å². The lowest BCUT2D eigenvalue weighted by Gasteiger charge is -2.45. The molecule has 2 fully saturated rings. The van der Waals surface area contributed by atoms with Crippen molar-refractivity contribution in [2.24, 2.45) is 11.8 Å². The SMILES string of the molecule is CC(=O)c1ccc2c(c1)C(=O)N(Cc1ccc(Cl)cn1)C2(OC1CC(CO)C1)c1ccc(Cl)cc1.CC(C)(O)c1ccc2c(c1)C(=O)N(Cc1ccc(Cl)cn1)[C@@]2(OC1CC(CO)C1)c1ccc(Cl)cc1. The fraction of sp³-hybridized carbons (Fsp3) is 0.327. The number of ether oxygens (including phenoxy) is 2. The van der Waals surface area contributed by atoms with Gasteiger partial charge in [0.1, 0.15) is 0 Å². The summed E-state index contributed by atoms with van der Waals surface area (Å²) in [6.45, 7) is 5.41. The predicted octanol–water partition coefficient (Wildman–Crippen LogP) is 10.5. The van der Waals surface area contributed by atoms with E-state index < -0.39 is 17.1 Å². The van der Waals surface area contributed by atoms with Gasteiger partial charge in [-0.15, -0.1) is 0 Å². The number of aliphatic hydroxyl groups excluding tert-OH is 2. The number of amides is 2. The Kier molecular flexibility index (Phi) is 14.5. The molecule has 4 aromatic carbocycles. The van der Waals surface area contributed by atoms with Crippen LogP contribution in [0.1, 0.15) is 117 Å². The fourth-order valence-corrected chi connectivity index (χ4v) is 10.4. The third-order valence-corrected chi connectivity index (χ3v) is 14.8. The number of nitrogens with zero attached hydrogens (tertiary/aromatic N) is 4. The number of carbonyl (C=O) groups excluding carboxylic acids is 3. The number of halogens is 4. The molecule has 6 aromatic rings. The minimum atomic E-state index is -1.25. The summed E-state index contributed by atoms with van der Waals surface area (Å²) in [7, 11) is 0. The molecule has 0 saturated heterocycles. The first-order valence-corrected chi connectivity index (χ1v) is 24.9. The Bertz CT molecular complexity index is 2940. The van der Waals surface area contributed by atoms with E-state index in [0.29, 0.717) is 90.5 Å². The van der Waals surface area contributed by atoms with Gasteiger partial charge in [0.2, 0.25) is 0 Å². The van der Waals surface area contributed by atoms with Gasteiger partial charge in [0.15, 0.2) is 17.2 Å². The Morgan fingerprint density at radius 3 is 1.41 bits per heavy atom. The van der Waals surface area contributed by atoms with Crippen molar-refractivity contribution in [3.05, 3.63) is 198 Å². The number of aliphatic hydroxyl groups is 3. The molecule has 12 nitrogen and oxygen atoms in total. The molecule has 2 amide bonds. The van der Waals surface area contributed by atoms with E-state index in [1.54, 1.807) is 109 Å². The van der Waals surface area contributed by atoms with E-state index in [2.05, 4.69) is 9.97 Å². The molecule has 4 heterocycles. The van der Waals surface area contributed by atoms with Crippen molar-refractivity contribution in [3.8, 4) is 0 Å². The van der Waals surface area contributed by atoms with Crippen molar-refractivity contribution >= 4 is 64.0 Å². The molecule has 2 aliphatic carbocycles. The number of pyridine rings is 2. The number of hydrogen-bond acceptors (Lipinski definition) is 10. The molecular weight excluding hydrogens is 986 g/mol. The summed E-state index contributed by atoms with van der Waals surface area (Å²) in [5.74, 6) is -0.252. The minimum absolute atomic E-state index is 0.101. The lowest BCUT2D eigenvalue weighted by Crippen LogP contribution is -2.51. The Morgan fingerprint density at radius 1 is 0.620 bits per heavy atom. The number of hydrogen-bond donors (Lipinski definition) is 3. The van der Waals surface area contributed by atoms with Crippen molar-refractivity contribution in [3.63, 3.8) is 0 Å². The molecule has 1 unspecified atom stereocenters. The summed E-state index contributed by atoms with van der Waals surface area (Å²) >= 11 is 24.5. The molecule has 0 bridgehead atoms. The average molecular weight is 1040 g/mol. The third-order valence-electron chi connectivity index (χ3n) is 13.9. The maximum atomic E-state index is 14.1. The number of benzene rings is 4. The van der Waals surface area contributed by atoms with Gasteiger partial charge in [-0.05, 0) is 125 Å². The molecule has 0 radical (unpaired) electrons. The van der Waals surface area contributed by atoms with Crippen molar-refractivity contribution in [1.29, 1.82) is 0 Å². The van der Waals surface area contributed by atoms with Crippen LogP contribution in [-0.2, 0) is 39.6 Å². The Balaban J connectivity index is 0.000000176. The molecule has 10 rings (SSSR count). The summed E-state index contributed by atoms with van der Waals surface area (Å²) in [6, 6.07) is 32.2. The molecule has 368 valence electrons. The van der Waals surface area contributed by atoms with Crippen LogP contribution < -0.4 is 0 Å². The van der Waals surface area contributed by atoms with Gasteiger partial charge in [-0.3, -0.25) is 34.2 Å². The highest BCUT2D eigenvalue weighted by Gasteiger charge is 2.56. The normalized spacial score (nSPS) is 23.4. The highest BCUT2D eigenvalue weighted by Crippen LogP contribution is 2.52. The monoisotopic (exact) mass is 1040 g/mol. The molecule has 2 aromatic heterocycles. The van der Waals surface area contributed by atoms with E-state index in [9.17, 15) is 29.7 Å². The largest absolute Gasteiger partial charge is 0.396 e. The summed E-state index contributed by atoms with van der Waals surface area (Å²) < 4.78 is 13.7. The highest BCUT2D eigenvalue weighted by molar-refractivity contribution is 6.31. The van der Waals surface area contributed by atoms with E-state index >= 15 is 0 Å². The molecule has 2 atom stereocenters. The van der Waals surface area contributed by atoms with E-state index in [-0.39, 0.29) is 67.9 Å². The summed E-state index contributed by atoms with van der Waals surface area (Å²) in [5.41, 5.74) is 2.54. The Hall–Kier alpha value is -5.25. The van der Waals surface area contributed by atoms with Crippen molar-refractivity contribution in [1.82, 2.24) is 19.8 Å². The van der Waals surface area contributed by atoms with Crippen molar-refractivity contribution in [2.75, 3.05) is 13.2 Å². The molecule has 0 spiro atoms. The van der Waals surface area contributed by atoms with Crippen LogP contribution >= 0.6 is 46.4 Å². The van der Waals surface area contributed by atoms with Crippen LogP contribution in [0.4, 0.5) is 0 Å². The van der Waals surface area contributed by atoms with Gasteiger partial charge in [0.25, 0.3) is 11.8 Å². The molecule has 3 N–H and O–H groups in total. The van der Waals surface area contributed by atoms with Crippen LogP contribution in [0.15, 0.2) is 122 Å². The van der Waals surface area contributed by atoms with Gasteiger partial charge in [0.05, 0.1) is 52.3 Å². The zero-order valence-electron chi connectivity index (χ0n) is 39.2. The number of ketones is 1. The Labute approximate surface area is 432 Å². The highest BCUT2D eigenvalue weighted by atomic mass is 35.5. The van der Waals surface area contributed by atoms with Gasteiger partial charge >= 0.3 is 0 Å². The zero-order chi connectivity index (χ0) is 50.4. The summed E-state index contributed by atoms with van der Waals surface area (Å²) in [5, 5.41) is 31.9. The van der Waals surface area contributed by atoms with Crippen molar-refractivity contribution in [2.45, 2.75) is 88.8 Å². The fourth-order valence-electron chi connectivity index (χ4n) is 9.88. The van der Waals surface area contributed by atoms with Gasteiger partial charge in [0, 0.05) is 74.6 Å². The van der Waals surface area contributed by atoms with Gasteiger partial charge in [-0.2, -0.15) is 0 Å². The van der Waals surface area contributed by atoms with Crippen LogP contribution in [-0.4, -0.2) is 78.1 Å². The molecule has 16 heteroatoms. The van der Waals surface area contributed by atoms with Crippen LogP contribution in [0.2, 0.25) is 20.1 Å². The first-order chi connectivity index (χ1) is 33.9.